The Labute approximate surface area is 114 Å². The lowest BCUT2D eigenvalue weighted by molar-refractivity contribution is 0.876. The summed E-state index contributed by atoms with van der Waals surface area (Å²) in [5.74, 6) is 0. The molecule has 0 bridgehead atoms. The van der Waals surface area contributed by atoms with Crippen LogP contribution in [-0.2, 0) is 0 Å². The van der Waals surface area contributed by atoms with E-state index in [1.165, 1.54) is 34.7 Å². The van der Waals surface area contributed by atoms with E-state index in [9.17, 15) is 0 Å². The first-order valence-electron chi connectivity index (χ1n) is 5.79. The van der Waals surface area contributed by atoms with Crippen molar-refractivity contribution in [1.82, 2.24) is 29.7 Å². The summed E-state index contributed by atoms with van der Waals surface area (Å²) in [7, 11) is 0. The molecule has 8 nitrogen and oxygen atoms in total. The second-order valence-electron chi connectivity index (χ2n) is 3.80. The molecule has 1 aromatic carbocycles. The molecule has 0 saturated carbocycles. The maximum absolute atomic E-state index is 4.22. The van der Waals surface area contributed by atoms with Gasteiger partial charge in [-0.3, -0.25) is 0 Å². The topological polar surface area (TPSA) is 86.1 Å². The van der Waals surface area contributed by atoms with E-state index in [2.05, 4.69) is 30.6 Å². The zero-order valence-electron chi connectivity index (χ0n) is 10.4. The van der Waals surface area contributed by atoms with E-state index < -0.39 is 0 Å². The van der Waals surface area contributed by atoms with Gasteiger partial charge in [-0.1, -0.05) is 24.3 Å². The maximum Gasteiger partial charge on any atom is 0.141 e. The minimum absolute atomic E-state index is 0.929. The smallest absolute Gasteiger partial charge is 0.141 e. The highest BCUT2D eigenvalue weighted by molar-refractivity contribution is 5.94. The van der Waals surface area contributed by atoms with Gasteiger partial charge < -0.3 is 0 Å². The molecule has 0 fully saturated rings. The molecule has 2 heterocycles. The third-order valence-corrected chi connectivity index (χ3v) is 2.47. The lowest BCUT2D eigenvalue weighted by Gasteiger charge is -1.99. The summed E-state index contributed by atoms with van der Waals surface area (Å²) < 4.78 is 3.04. The molecule has 3 rings (SSSR count). The molecule has 0 unspecified atom stereocenters. The zero-order chi connectivity index (χ0) is 13.6. The summed E-state index contributed by atoms with van der Waals surface area (Å²) in [6.07, 6.45) is 9.51. The third-order valence-electron chi connectivity index (χ3n) is 2.47. The Balaban J connectivity index is 1.85. The fourth-order valence-corrected chi connectivity index (χ4v) is 1.51. The summed E-state index contributed by atoms with van der Waals surface area (Å²) in [6, 6.07) is 7.76. The highest BCUT2D eigenvalue weighted by Gasteiger charge is 1.96. The van der Waals surface area contributed by atoms with Crippen LogP contribution in [0.3, 0.4) is 0 Å². The number of rotatable bonds is 4. The van der Waals surface area contributed by atoms with Gasteiger partial charge in [0, 0.05) is 11.1 Å². The maximum atomic E-state index is 4.22. The summed E-state index contributed by atoms with van der Waals surface area (Å²) in [5, 5.41) is 23.2. The average molecular weight is 266 g/mol. The number of benzene rings is 1. The van der Waals surface area contributed by atoms with Crippen molar-refractivity contribution in [3.63, 3.8) is 0 Å². The summed E-state index contributed by atoms with van der Waals surface area (Å²) in [4.78, 5) is 0. The molecule has 0 aliphatic heterocycles. The van der Waals surface area contributed by atoms with Crippen LogP contribution >= 0.6 is 0 Å². The van der Waals surface area contributed by atoms with Crippen LogP contribution in [0.25, 0.3) is 0 Å². The van der Waals surface area contributed by atoms with Gasteiger partial charge in [0.25, 0.3) is 0 Å². The molecule has 0 radical (unpaired) electrons. The van der Waals surface area contributed by atoms with E-state index in [1.807, 2.05) is 24.3 Å². The summed E-state index contributed by atoms with van der Waals surface area (Å²) in [5.41, 5.74) is 1.86. The first-order chi connectivity index (χ1) is 9.92. The van der Waals surface area contributed by atoms with Crippen LogP contribution in [0.2, 0.25) is 0 Å². The van der Waals surface area contributed by atoms with Gasteiger partial charge in [-0.2, -0.15) is 10.2 Å². The molecule has 0 aliphatic carbocycles. The standard InChI is InChI=1S/C12H10N8/c1-2-4-12(6-18-20-9-15-16-10-20)11(3-1)5-17-19-7-13-14-8-19/h1-10H/b17-5+,18-6+. The lowest BCUT2D eigenvalue weighted by Crippen LogP contribution is -1.95. The van der Waals surface area contributed by atoms with E-state index in [-0.39, 0.29) is 0 Å². The van der Waals surface area contributed by atoms with Crippen molar-refractivity contribution in [1.29, 1.82) is 0 Å². The molecule has 98 valence electrons. The molecule has 20 heavy (non-hydrogen) atoms. The molecule has 0 spiro atoms. The average Bonchev–Trinajstić information content (AvgIpc) is 3.17. The molecule has 0 amide bonds. The van der Waals surface area contributed by atoms with Crippen LogP contribution in [0, 0.1) is 0 Å². The van der Waals surface area contributed by atoms with Crippen molar-refractivity contribution in [2.45, 2.75) is 0 Å². The van der Waals surface area contributed by atoms with Crippen molar-refractivity contribution in [3.05, 3.63) is 60.7 Å². The predicted octanol–water partition coefficient (Wildman–Crippen LogP) is 0.634. The highest BCUT2D eigenvalue weighted by atomic mass is 15.4. The Morgan fingerprint density at radius 2 is 1.10 bits per heavy atom. The Hall–Kier alpha value is -3.16. The highest BCUT2D eigenvalue weighted by Crippen LogP contribution is 2.04. The number of hydrogen-bond acceptors (Lipinski definition) is 6. The summed E-state index contributed by atoms with van der Waals surface area (Å²) in [6.45, 7) is 0. The molecular weight excluding hydrogens is 256 g/mol. The second kappa shape index (κ2) is 5.65. The third kappa shape index (κ3) is 2.80. The van der Waals surface area contributed by atoms with Crippen molar-refractivity contribution >= 4 is 12.4 Å². The largest absolute Gasteiger partial charge is 0.208 e. The van der Waals surface area contributed by atoms with E-state index in [4.69, 9.17) is 0 Å². The molecule has 0 atom stereocenters. The Morgan fingerprint density at radius 3 is 1.50 bits per heavy atom. The molecule has 8 heteroatoms. The van der Waals surface area contributed by atoms with Gasteiger partial charge in [-0.05, 0) is 0 Å². The Bertz CT molecular complexity index is 649. The van der Waals surface area contributed by atoms with Crippen LogP contribution in [0.5, 0.6) is 0 Å². The minimum atomic E-state index is 0.929. The van der Waals surface area contributed by atoms with E-state index >= 15 is 0 Å². The van der Waals surface area contributed by atoms with E-state index in [0.29, 0.717) is 0 Å². The van der Waals surface area contributed by atoms with Crippen LogP contribution in [-0.4, -0.2) is 42.2 Å². The quantitative estimate of drug-likeness (QED) is 0.648. The van der Waals surface area contributed by atoms with Gasteiger partial charge in [-0.15, -0.1) is 20.4 Å². The van der Waals surface area contributed by atoms with Gasteiger partial charge in [0.1, 0.15) is 25.3 Å². The first-order valence-corrected chi connectivity index (χ1v) is 5.79. The van der Waals surface area contributed by atoms with E-state index in [1.54, 1.807) is 12.4 Å². The fraction of sp³-hybridized carbons (Fsp3) is 0. The predicted molar refractivity (Wildman–Crippen MR) is 72.5 cm³/mol. The van der Waals surface area contributed by atoms with Gasteiger partial charge >= 0.3 is 0 Å². The molecule has 2 aromatic heterocycles. The van der Waals surface area contributed by atoms with Crippen molar-refractivity contribution < 1.29 is 0 Å². The number of aromatic nitrogens is 6. The van der Waals surface area contributed by atoms with Gasteiger partial charge in [-0.25, -0.2) is 9.35 Å². The van der Waals surface area contributed by atoms with Crippen molar-refractivity contribution in [2.24, 2.45) is 10.2 Å². The SMILES string of the molecule is C(=N\n1cnnc1)/c1ccccc1/C=N/n1cnnc1. The van der Waals surface area contributed by atoms with E-state index in [0.717, 1.165) is 11.1 Å². The van der Waals surface area contributed by atoms with Gasteiger partial charge in [0.2, 0.25) is 0 Å². The van der Waals surface area contributed by atoms with Crippen LogP contribution < -0.4 is 0 Å². The first kappa shape index (κ1) is 11.9. The molecule has 3 aromatic rings. The van der Waals surface area contributed by atoms with Crippen molar-refractivity contribution in [3.8, 4) is 0 Å². The van der Waals surface area contributed by atoms with Gasteiger partial charge in [0.05, 0.1) is 12.4 Å². The minimum Gasteiger partial charge on any atom is -0.208 e. The van der Waals surface area contributed by atoms with Crippen molar-refractivity contribution in [2.75, 3.05) is 0 Å². The number of hydrogen-bond donors (Lipinski definition) is 0. The molecule has 0 N–H and O–H groups in total. The summed E-state index contributed by atoms with van der Waals surface area (Å²) >= 11 is 0. The fourth-order valence-electron chi connectivity index (χ4n) is 1.51. The van der Waals surface area contributed by atoms with Crippen LogP contribution in [0.15, 0.2) is 59.8 Å². The molecular formula is C12H10N8. The monoisotopic (exact) mass is 266 g/mol. The lowest BCUT2D eigenvalue weighted by atomic mass is 10.1. The van der Waals surface area contributed by atoms with Crippen LogP contribution in [0.4, 0.5) is 0 Å². The van der Waals surface area contributed by atoms with Crippen LogP contribution in [0.1, 0.15) is 11.1 Å². The number of nitrogens with zero attached hydrogens (tertiary/aromatic N) is 8. The Morgan fingerprint density at radius 1 is 0.700 bits per heavy atom. The normalized spacial score (nSPS) is 11.6. The second-order valence-corrected chi connectivity index (χ2v) is 3.80. The van der Waals surface area contributed by atoms with Gasteiger partial charge in [0.15, 0.2) is 0 Å². The molecule has 0 saturated heterocycles. The zero-order valence-corrected chi connectivity index (χ0v) is 10.4. The Kier molecular flexibility index (Phi) is 3.36. The molecule has 0 aliphatic rings.